The lowest BCUT2D eigenvalue weighted by atomic mass is 10.1. The molecule has 3 nitrogen and oxygen atoms in total. The standard InChI is InChI=1S/C12H12N2O/c15-7-1-2-10-3-4-11-9-13-5-6-14-12(11)8-10/h3-8H,1-2,9H2. The van der Waals surface area contributed by atoms with Crippen LogP contribution < -0.4 is 0 Å². The predicted octanol–water partition coefficient (Wildman–Crippen LogP) is 2.10. The van der Waals surface area contributed by atoms with Gasteiger partial charge in [-0.15, -0.1) is 0 Å². The zero-order chi connectivity index (χ0) is 10.5. The van der Waals surface area contributed by atoms with Crippen LogP contribution in [0.3, 0.4) is 0 Å². The average molecular weight is 200 g/mol. The molecule has 1 aliphatic rings. The van der Waals surface area contributed by atoms with Crippen molar-refractivity contribution in [3.63, 3.8) is 0 Å². The molecule has 2 rings (SSSR count). The summed E-state index contributed by atoms with van der Waals surface area (Å²) < 4.78 is 0. The average Bonchev–Trinajstić information content (AvgIpc) is 2.50. The van der Waals surface area contributed by atoms with Gasteiger partial charge in [0, 0.05) is 18.9 Å². The van der Waals surface area contributed by atoms with E-state index in [1.165, 1.54) is 0 Å². The first-order valence-electron chi connectivity index (χ1n) is 4.98. The molecule has 0 radical (unpaired) electrons. The molecule has 0 atom stereocenters. The monoisotopic (exact) mass is 200 g/mol. The van der Waals surface area contributed by atoms with Gasteiger partial charge in [0.2, 0.25) is 0 Å². The van der Waals surface area contributed by atoms with Crippen molar-refractivity contribution >= 4 is 24.4 Å². The molecular weight excluding hydrogens is 188 g/mol. The zero-order valence-corrected chi connectivity index (χ0v) is 8.39. The summed E-state index contributed by atoms with van der Waals surface area (Å²) in [5, 5.41) is 0. The van der Waals surface area contributed by atoms with Crippen LogP contribution in [0.2, 0.25) is 0 Å². The van der Waals surface area contributed by atoms with Gasteiger partial charge in [-0.25, -0.2) is 0 Å². The lowest BCUT2D eigenvalue weighted by Crippen LogP contribution is -1.88. The number of carbonyl (C=O) groups excluding carboxylic acids is 1. The molecule has 3 heteroatoms. The van der Waals surface area contributed by atoms with E-state index in [9.17, 15) is 4.79 Å². The number of rotatable bonds is 3. The minimum absolute atomic E-state index is 0.568. The van der Waals surface area contributed by atoms with Crippen LogP contribution in [0.25, 0.3) is 0 Å². The third-order valence-corrected chi connectivity index (χ3v) is 2.35. The summed E-state index contributed by atoms with van der Waals surface area (Å²) in [7, 11) is 0. The molecular formula is C12H12N2O. The van der Waals surface area contributed by atoms with E-state index in [1.54, 1.807) is 12.4 Å². The number of fused-ring (bicyclic) bond motifs is 1. The Kier molecular flexibility index (Phi) is 3.02. The van der Waals surface area contributed by atoms with Crippen LogP contribution in [-0.4, -0.2) is 18.7 Å². The van der Waals surface area contributed by atoms with Crippen molar-refractivity contribution in [2.24, 2.45) is 9.98 Å². The van der Waals surface area contributed by atoms with Gasteiger partial charge >= 0.3 is 0 Å². The maximum atomic E-state index is 10.3. The second-order valence-corrected chi connectivity index (χ2v) is 3.44. The number of hydrogen-bond donors (Lipinski definition) is 0. The molecule has 0 amide bonds. The number of benzene rings is 1. The Morgan fingerprint density at radius 3 is 3.13 bits per heavy atom. The Balaban J connectivity index is 2.25. The van der Waals surface area contributed by atoms with Crippen LogP contribution in [0.1, 0.15) is 17.5 Å². The first kappa shape index (κ1) is 9.77. The van der Waals surface area contributed by atoms with E-state index in [1.807, 2.05) is 18.2 Å². The highest BCUT2D eigenvalue weighted by molar-refractivity contribution is 6.17. The van der Waals surface area contributed by atoms with Crippen LogP contribution in [0.4, 0.5) is 5.69 Å². The Labute approximate surface area is 88.6 Å². The maximum absolute atomic E-state index is 10.3. The van der Waals surface area contributed by atoms with Crippen molar-refractivity contribution in [1.29, 1.82) is 0 Å². The van der Waals surface area contributed by atoms with Gasteiger partial charge in [0.1, 0.15) is 6.29 Å². The van der Waals surface area contributed by atoms with E-state index >= 15 is 0 Å². The summed E-state index contributed by atoms with van der Waals surface area (Å²) in [5.74, 6) is 0. The quantitative estimate of drug-likeness (QED) is 0.689. The number of carbonyl (C=O) groups is 1. The van der Waals surface area contributed by atoms with Crippen molar-refractivity contribution < 1.29 is 4.79 Å². The highest BCUT2D eigenvalue weighted by Crippen LogP contribution is 2.23. The van der Waals surface area contributed by atoms with E-state index in [4.69, 9.17) is 0 Å². The van der Waals surface area contributed by atoms with E-state index in [0.29, 0.717) is 13.0 Å². The van der Waals surface area contributed by atoms with Crippen molar-refractivity contribution in [2.75, 3.05) is 0 Å². The van der Waals surface area contributed by atoms with Gasteiger partial charge in [0.25, 0.3) is 0 Å². The van der Waals surface area contributed by atoms with Crippen LogP contribution in [0.15, 0.2) is 28.2 Å². The van der Waals surface area contributed by atoms with Gasteiger partial charge in [0.05, 0.1) is 12.2 Å². The molecule has 1 aliphatic heterocycles. The zero-order valence-electron chi connectivity index (χ0n) is 8.39. The molecule has 0 aliphatic carbocycles. The van der Waals surface area contributed by atoms with Crippen molar-refractivity contribution in [3.8, 4) is 0 Å². The Bertz CT molecular complexity index is 422. The van der Waals surface area contributed by atoms with E-state index in [0.717, 1.165) is 29.5 Å². The lowest BCUT2D eigenvalue weighted by molar-refractivity contribution is -0.107. The van der Waals surface area contributed by atoms with Crippen LogP contribution in [-0.2, 0) is 17.8 Å². The second-order valence-electron chi connectivity index (χ2n) is 3.44. The lowest BCUT2D eigenvalue weighted by Gasteiger charge is -2.04. The summed E-state index contributed by atoms with van der Waals surface area (Å²) in [6.45, 7) is 0.684. The number of aldehydes is 1. The molecule has 1 aromatic carbocycles. The number of hydrogen-bond acceptors (Lipinski definition) is 3. The molecule has 0 saturated carbocycles. The van der Waals surface area contributed by atoms with Crippen LogP contribution >= 0.6 is 0 Å². The van der Waals surface area contributed by atoms with E-state index < -0.39 is 0 Å². The summed E-state index contributed by atoms with van der Waals surface area (Å²) in [5.41, 5.74) is 3.26. The Hall–Kier alpha value is -1.77. The minimum atomic E-state index is 0.568. The third kappa shape index (κ3) is 2.37. The topological polar surface area (TPSA) is 41.8 Å². The Morgan fingerprint density at radius 1 is 1.33 bits per heavy atom. The molecule has 1 heterocycles. The molecule has 0 spiro atoms. The number of nitrogens with zero attached hydrogens (tertiary/aromatic N) is 2. The molecule has 0 unspecified atom stereocenters. The van der Waals surface area contributed by atoms with Gasteiger partial charge in [-0.05, 0) is 23.6 Å². The maximum Gasteiger partial charge on any atom is 0.120 e. The third-order valence-electron chi connectivity index (χ3n) is 2.35. The summed E-state index contributed by atoms with van der Waals surface area (Å²) in [4.78, 5) is 18.7. The van der Waals surface area contributed by atoms with Crippen molar-refractivity contribution in [3.05, 3.63) is 29.3 Å². The summed E-state index contributed by atoms with van der Waals surface area (Å²) in [6, 6.07) is 6.11. The predicted molar refractivity (Wildman–Crippen MR) is 61.2 cm³/mol. The fraction of sp³-hybridized carbons (Fsp3) is 0.250. The molecule has 0 N–H and O–H groups in total. The molecule has 0 aromatic heterocycles. The first-order valence-corrected chi connectivity index (χ1v) is 4.98. The highest BCUT2D eigenvalue weighted by Gasteiger charge is 2.03. The van der Waals surface area contributed by atoms with Gasteiger partial charge in [-0.1, -0.05) is 12.1 Å². The number of aliphatic imine (C=N–C) groups is 2. The smallest absolute Gasteiger partial charge is 0.120 e. The largest absolute Gasteiger partial charge is 0.303 e. The normalized spacial score (nSPS) is 13.3. The van der Waals surface area contributed by atoms with Gasteiger partial charge in [-0.2, -0.15) is 0 Å². The summed E-state index contributed by atoms with van der Waals surface area (Å²) >= 11 is 0. The van der Waals surface area contributed by atoms with E-state index in [2.05, 4.69) is 9.98 Å². The molecule has 1 aromatic rings. The molecule has 15 heavy (non-hydrogen) atoms. The second kappa shape index (κ2) is 4.64. The fourth-order valence-electron chi connectivity index (χ4n) is 1.56. The summed E-state index contributed by atoms with van der Waals surface area (Å²) in [6.07, 6.45) is 5.71. The van der Waals surface area contributed by atoms with Crippen molar-refractivity contribution in [1.82, 2.24) is 0 Å². The molecule has 0 fully saturated rings. The first-order chi connectivity index (χ1) is 7.40. The van der Waals surface area contributed by atoms with E-state index in [-0.39, 0.29) is 0 Å². The van der Waals surface area contributed by atoms with Crippen LogP contribution in [0.5, 0.6) is 0 Å². The van der Waals surface area contributed by atoms with Gasteiger partial charge in [0.15, 0.2) is 0 Å². The molecule has 0 bridgehead atoms. The SMILES string of the molecule is O=CCCc1ccc2c(c1)N=CC=NC2. The minimum Gasteiger partial charge on any atom is -0.303 e. The Morgan fingerprint density at radius 2 is 2.27 bits per heavy atom. The van der Waals surface area contributed by atoms with Gasteiger partial charge < -0.3 is 4.79 Å². The van der Waals surface area contributed by atoms with Crippen molar-refractivity contribution in [2.45, 2.75) is 19.4 Å². The van der Waals surface area contributed by atoms with Gasteiger partial charge in [-0.3, -0.25) is 9.98 Å². The number of aryl methyl sites for hydroxylation is 1. The molecule has 0 saturated heterocycles. The van der Waals surface area contributed by atoms with Crippen LogP contribution in [0, 0.1) is 0 Å². The highest BCUT2D eigenvalue weighted by atomic mass is 16.1. The molecule has 76 valence electrons. The fourth-order valence-corrected chi connectivity index (χ4v) is 1.56.